The Morgan fingerprint density at radius 1 is 1.00 bits per heavy atom. The van der Waals surface area contributed by atoms with Crippen molar-refractivity contribution < 1.29 is 13.2 Å². The number of rotatable bonds is 7. The molecule has 172 valence electrons. The molecule has 5 fully saturated rings. The van der Waals surface area contributed by atoms with Crippen LogP contribution in [0.15, 0.2) is 12.3 Å². The van der Waals surface area contributed by atoms with Gasteiger partial charge in [-0.05, 0) is 93.3 Å². The van der Waals surface area contributed by atoms with E-state index in [1.165, 1.54) is 37.7 Å². The van der Waals surface area contributed by atoms with Gasteiger partial charge in [0, 0.05) is 17.8 Å². The van der Waals surface area contributed by atoms with Crippen LogP contribution in [0.25, 0.3) is 5.65 Å². The van der Waals surface area contributed by atoms with Crippen molar-refractivity contribution in [2.75, 3.05) is 11.3 Å². The summed E-state index contributed by atoms with van der Waals surface area (Å²) < 4.78 is 36.1. The number of fused-ring (bicyclic) bond motifs is 6. The Hall–Kier alpha value is -1.83. The fourth-order valence-electron chi connectivity index (χ4n) is 7.19. The van der Waals surface area contributed by atoms with Crippen molar-refractivity contribution >= 4 is 21.6 Å². The van der Waals surface area contributed by atoms with E-state index in [2.05, 4.69) is 14.9 Å². The summed E-state index contributed by atoms with van der Waals surface area (Å²) in [5.74, 6) is 6.26. The molecule has 0 spiro atoms. The fourth-order valence-corrected chi connectivity index (χ4v) is 8.71. The maximum Gasteiger partial charge on any atom is 0.242 e. The molecule has 5 aliphatic rings. The second kappa shape index (κ2) is 7.08. The van der Waals surface area contributed by atoms with Gasteiger partial charge in [-0.25, -0.2) is 8.42 Å². The summed E-state index contributed by atoms with van der Waals surface area (Å²) in [5.41, 5.74) is 1.80. The number of hydrogen-bond acceptors (Lipinski definition) is 5. The quantitative estimate of drug-likeness (QED) is 0.669. The molecule has 5 aliphatic carbocycles. The average molecular weight is 457 g/mol. The predicted octanol–water partition coefficient (Wildman–Crippen LogP) is 4.35. The normalized spacial score (nSPS) is 34.1. The molecule has 8 heteroatoms. The Morgan fingerprint density at radius 3 is 2.41 bits per heavy atom. The van der Waals surface area contributed by atoms with E-state index in [0.717, 1.165) is 68.1 Å². The summed E-state index contributed by atoms with van der Waals surface area (Å²) in [4.78, 5) is 0. The molecule has 0 aromatic carbocycles. The SMILES string of the molecule is O=S(=O)(Nc1nnc2cc(OCC3CC4C5CCC(C5)C4C3)c(C3CC3)cn12)C1CCC1. The summed E-state index contributed by atoms with van der Waals surface area (Å²) in [6, 6.07) is 1.96. The number of hydrogen-bond donors (Lipinski definition) is 1. The zero-order chi connectivity index (χ0) is 21.4. The lowest BCUT2D eigenvalue weighted by Crippen LogP contribution is -2.33. The average Bonchev–Trinajstić information content (AvgIpc) is 3.05. The van der Waals surface area contributed by atoms with Crippen molar-refractivity contribution in [2.45, 2.75) is 75.4 Å². The molecule has 0 radical (unpaired) electrons. The van der Waals surface area contributed by atoms with Crippen LogP contribution in [0.4, 0.5) is 5.95 Å². The van der Waals surface area contributed by atoms with Crippen LogP contribution in [-0.4, -0.2) is 34.9 Å². The molecular formula is C24H32N4O3S. The standard InChI is InChI=1S/C24H32N4O3S/c29-32(30,18-2-1-3-18)27-24-26-25-23-11-22(21(12-28(23)24)15-4-5-15)31-13-14-8-19-16-6-7-17(10-16)20(19)9-14/h11-12,14-20H,1-10,13H2,(H,26,27). The van der Waals surface area contributed by atoms with Gasteiger partial charge in [0.2, 0.25) is 16.0 Å². The third-order valence-corrected chi connectivity index (χ3v) is 11.1. The molecule has 5 saturated carbocycles. The first-order valence-corrected chi connectivity index (χ1v) is 14.1. The van der Waals surface area contributed by atoms with Gasteiger partial charge in [0.1, 0.15) is 5.75 Å². The Kier molecular flexibility index (Phi) is 4.34. The summed E-state index contributed by atoms with van der Waals surface area (Å²) in [6.45, 7) is 0.789. The Bertz CT molecular complexity index is 1140. The van der Waals surface area contributed by atoms with Crippen LogP contribution in [0.3, 0.4) is 0 Å². The van der Waals surface area contributed by atoms with E-state index < -0.39 is 10.0 Å². The molecular weight excluding hydrogens is 424 g/mol. The molecule has 32 heavy (non-hydrogen) atoms. The predicted molar refractivity (Wildman–Crippen MR) is 121 cm³/mol. The molecule has 2 aromatic heterocycles. The van der Waals surface area contributed by atoms with E-state index in [4.69, 9.17) is 4.74 Å². The minimum absolute atomic E-state index is 0.291. The largest absolute Gasteiger partial charge is 0.493 e. The maximum absolute atomic E-state index is 12.6. The van der Waals surface area contributed by atoms with Gasteiger partial charge in [-0.15, -0.1) is 10.2 Å². The van der Waals surface area contributed by atoms with Crippen molar-refractivity contribution in [3.05, 3.63) is 17.8 Å². The van der Waals surface area contributed by atoms with E-state index in [9.17, 15) is 8.42 Å². The molecule has 0 amide bonds. The molecule has 7 rings (SSSR count). The molecule has 0 saturated heterocycles. The highest BCUT2D eigenvalue weighted by atomic mass is 32.2. The van der Waals surface area contributed by atoms with Crippen molar-refractivity contribution in [3.8, 4) is 5.75 Å². The van der Waals surface area contributed by atoms with Gasteiger partial charge in [0.25, 0.3) is 0 Å². The van der Waals surface area contributed by atoms with E-state index in [1.807, 2.05) is 12.3 Å². The molecule has 1 N–H and O–H groups in total. The van der Waals surface area contributed by atoms with Crippen LogP contribution in [0.1, 0.15) is 75.7 Å². The van der Waals surface area contributed by atoms with Gasteiger partial charge >= 0.3 is 0 Å². The lowest BCUT2D eigenvalue weighted by atomic mass is 9.82. The first-order valence-electron chi connectivity index (χ1n) is 12.6. The smallest absolute Gasteiger partial charge is 0.242 e. The van der Waals surface area contributed by atoms with Crippen molar-refractivity contribution in [1.82, 2.24) is 14.6 Å². The number of anilines is 1. The third-order valence-electron chi connectivity index (χ3n) is 9.24. The molecule has 4 atom stereocenters. The Balaban J connectivity index is 1.11. The zero-order valence-corrected chi connectivity index (χ0v) is 19.3. The highest BCUT2D eigenvalue weighted by Crippen LogP contribution is 2.60. The number of aromatic nitrogens is 3. The highest BCUT2D eigenvalue weighted by molar-refractivity contribution is 7.93. The lowest BCUT2D eigenvalue weighted by molar-refractivity contribution is 0.237. The van der Waals surface area contributed by atoms with Crippen LogP contribution in [0.5, 0.6) is 5.75 Å². The Morgan fingerprint density at radius 2 is 1.75 bits per heavy atom. The number of sulfonamides is 1. The monoisotopic (exact) mass is 456 g/mol. The summed E-state index contributed by atoms with van der Waals surface area (Å²) in [5, 5.41) is 8.09. The first kappa shape index (κ1) is 19.6. The van der Waals surface area contributed by atoms with Crippen LogP contribution in [0, 0.1) is 29.6 Å². The molecule has 2 aromatic rings. The number of ether oxygens (including phenoxy) is 1. The zero-order valence-electron chi connectivity index (χ0n) is 18.4. The first-order chi connectivity index (χ1) is 15.5. The second-order valence-corrected chi connectivity index (χ2v) is 13.1. The molecule has 0 aliphatic heterocycles. The van der Waals surface area contributed by atoms with E-state index in [-0.39, 0.29) is 5.25 Å². The van der Waals surface area contributed by atoms with Crippen LogP contribution < -0.4 is 9.46 Å². The third kappa shape index (κ3) is 3.16. The number of nitrogens with zero attached hydrogens (tertiary/aromatic N) is 3. The van der Waals surface area contributed by atoms with Crippen molar-refractivity contribution in [1.29, 1.82) is 0 Å². The molecule has 2 bridgehead atoms. The molecule has 2 heterocycles. The van der Waals surface area contributed by atoms with E-state index in [1.54, 1.807) is 4.40 Å². The summed E-state index contributed by atoms with van der Waals surface area (Å²) in [7, 11) is -3.40. The minimum atomic E-state index is -3.40. The van der Waals surface area contributed by atoms with Crippen LogP contribution >= 0.6 is 0 Å². The van der Waals surface area contributed by atoms with Gasteiger partial charge in [0.15, 0.2) is 5.65 Å². The topological polar surface area (TPSA) is 85.6 Å². The second-order valence-electron chi connectivity index (χ2n) is 11.1. The van der Waals surface area contributed by atoms with Gasteiger partial charge in [-0.3, -0.25) is 9.12 Å². The van der Waals surface area contributed by atoms with Crippen LogP contribution in [0.2, 0.25) is 0 Å². The minimum Gasteiger partial charge on any atom is -0.493 e. The van der Waals surface area contributed by atoms with E-state index in [0.29, 0.717) is 23.4 Å². The highest BCUT2D eigenvalue weighted by Gasteiger charge is 2.51. The lowest BCUT2D eigenvalue weighted by Gasteiger charge is -2.25. The fraction of sp³-hybridized carbons (Fsp3) is 0.750. The summed E-state index contributed by atoms with van der Waals surface area (Å²) in [6.07, 6.45) is 13.8. The van der Waals surface area contributed by atoms with Gasteiger partial charge in [-0.1, -0.05) is 6.42 Å². The van der Waals surface area contributed by atoms with Crippen molar-refractivity contribution in [2.24, 2.45) is 29.6 Å². The Labute approximate surface area is 189 Å². The van der Waals surface area contributed by atoms with Gasteiger partial charge in [0.05, 0.1) is 11.9 Å². The number of pyridine rings is 1. The molecule has 4 unspecified atom stereocenters. The maximum atomic E-state index is 12.6. The van der Waals surface area contributed by atoms with E-state index >= 15 is 0 Å². The summed E-state index contributed by atoms with van der Waals surface area (Å²) >= 11 is 0. The van der Waals surface area contributed by atoms with Gasteiger partial charge in [-0.2, -0.15) is 0 Å². The number of nitrogens with one attached hydrogen (secondary N) is 1. The van der Waals surface area contributed by atoms with Crippen molar-refractivity contribution in [3.63, 3.8) is 0 Å². The van der Waals surface area contributed by atoms with Crippen LogP contribution in [-0.2, 0) is 10.0 Å². The molecule has 7 nitrogen and oxygen atoms in total. The van der Waals surface area contributed by atoms with Gasteiger partial charge < -0.3 is 4.74 Å².